The Balaban J connectivity index is 2.29. The fourth-order valence-corrected chi connectivity index (χ4v) is 1.09. The molecule has 0 saturated carbocycles. The van der Waals surface area contributed by atoms with Crippen molar-refractivity contribution in [1.82, 2.24) is 20.3 Å². The van der Waals surface area contributed by atoms with Gasteiger partial charge in [-0.3, -0.25) is 4.68 Å². The lowest BCUT2D eigenvalue weighted by atomic mass is 10.2. The van der Waals surface area contributed by atoms with E-state index in [1.807, 2.05) is 0 Å². The van der Waals surface area contributed by atoms with E-state index in [1.165, 1.54) is 10.9 Å². The number of aromatic carboxylic acids is 1. The molecule has 0 spiro atoms. The molecule has 6 nitrogen and oxygen atoms in total. The largest absolute Gasteiger partial charge is 0.476 e. The first kappa shape index (κ1) is 11.6. The van der Waals surface area contributed by atoms with Gasteiger partial charge in [0.15, 0.2) is 5.69 Å². The molecule has 0 aliphatic rings. The Morgan fingerprint density at radius 3 is 2.93 bits per heavy atom. The van der Waals surface area contributed by atoms with Crippen LogP contribution in [0, 0.1) is 5.92 Å². The summed E-state index contributed by atoms with van der Waals surface area (Å²) in [6.45, 7) is 6.60. The number of carboxylic acid groups (broad SMARTS) is 1. The summed E-state index contributed by atoms with van der Waals surface area (Å²) in [5.41, 5.74) is -0.0149. The first-order valence-corrected chi connectivity index (χ1v) is 4.93. The summed E-state index contributed by atoms with van der Waals surface area (Å²) < 4.78 is 1.52. The van der Waals surface area contributed by atoms with E-state index in [4.69, 9.17) is 5.11 Å². The first-order valence-electron chi connectivity index (χ1n) is 4.93. The third kappa shape index (κ3) is 4.07. The van der Waals surface area contributed by atoms with E-state index in [0.29, 0.717) is 12.5 Å². The lowest BCUT2D eigenvalue weighted by molar-refractivity contribution is 0.0690. The third-order valence-corrected chi connectivity index (χ3v) is 1.83. The van der Waals surface area contributed by atoms with Crippen molar-refractivity contribution in [3.8, 4) is 0 Å². The average molecular weight is 212 g/mol. The van der Waals surface area contributed by atoms with Gasteiger partial charge in [0.2, 0.25) is 0 Å². The SMILES string of the molecule is CC(C)CNCCn1cc(C(=O)O)nn1. The predicted molar refractivity (Wildman–Crippen MR) is 54.7 cm³/mol. The van der Waals surface area contributed by atoms with E-state index in [1.54, 1.807) is 0 Å². The van der Waals surface area contributed by atoms with Crippen molar-refractivity contribution in [3.63, 3.8) is 0 Å². The number of rotatable bonds is 6. The molecule has 1 aromatic heterocycles. The van der Waals surface area contributed by atoms with Crippen LogP contribution < -0.4 is 5.32 Å². The van der Waals surface area contributed by atoms with Crippen LogP contribution >= 0.6 is 0 Å². The summed E-state index contributed by atoms with van der Waals surface area (Å²) in [7, 11) is 0. The second-order valence-corrected chi connectivity index (χ2v) is 3.77. The van der Waals surface area contributed by atoms with Crippen LogP contribution in [0.1, 0.15) is 24.3 Å². The van der Waals surface area contributed by atoms with Crippen LogP contribution in [0.4, 0.5) is 0 Å². The molecule has 0 saturated heterocycles. The van der Waals surface area contributed by atoms with Gasteiger partial charge in [-0.1, -0.05) is 19.1 Å². The van der Waals surface area contributed by atoms with E-state index >= 15 is 0 Å². The van der Waals surface area contributed by atoms with Crippen LogP contribution in [-0.2, 0) is 6.54 Å². The van der Waals surface area contributed by atoms with Gasteiger partial charge in [-0.25, -0.2) is 4.79 Å². The Morgan fingerprint density at radius 1 is 1.67 bits per heavy atom. The van der Waals surface area contributed by atoms with Gasteiger partial charge in [0.05, 0.1) is 12.7 Å². The summed E-state index contributed by atoms with van der Waals surface area (Å²) >= 11 is 0. The summed E-state index contributed by atoms with van der Waals surface area (Å²) in [5.74, 6) is -0.438. The molecule has 0 aromatic carbocycles. The van der Waals surface area contributed by atoms with Gasteiger partial charge in [0, 0.05) is 6.54 Å². The topological polar surface area (TPSA) is 80.0 Å². The molecule has 0 radical (unpaired) electrons. The number of hydrogen-bond acceptors (Lipinski definition) is 4. The molecule has 15 heavy (non-hydrogen) atoms. The van der Waals surface area contributed by atoms with E-state index in [9.17, 15) is 4.79 Å². The highest BCUT2D eigenvalue weighted by atomic mass is 16.4. The number of nitrogens with one attached hydrogen (secondary N) is 1. The Hall–Kier alpha value is -1.43. The molecule has 1 heterocycles. The number of carboxylic acids is 1. The summed E-state index contributed by atoms with van der Waals surface area (Å²) in [4.78, 5) is 10.5. The molecule has 0 fully saturated rings. The fraction of sp³-hybridized carbons (Fsp3) is 0.667. The first-order chi connectivity index (χ1) is 7.09. The van der Waals surface area contributed by atoms with Crippen molar-refractivity contribution in [1.29, 1.82) is 0 Å². The number of aromatic nitrogens is 3. The minimum absolute atomic E-state index is 0.0149. The van der Waals surface area contributed by atoms with Crippen molar-refractivity contribution >= 4 is 5.97 Å². The second kappa shape index (κ2) is 5.45. The highest BCUT2D eigenvalue weighted by Gasteiger charge is 2.07. The average Bonchev–Trinajstić information content (AvgIpc) is 2.60. The van der Waals surface area contributed by atoms with Crippen LogP contribution in [0.5, 0.6) is 0 Å². The Kier molecular flexibility index (Phi) is 4.23. The fourth-order valence-electron chi connectivity index (χ4n) is 1.09. The smallest absolute Gasteiger partial charge is 0.358 e. The number of carbonyl (C=O) groups is 1. The van der Waals surface area contributed by atoms with E-state index in [2.05, 4.69) is 29.5 Å². The van der Waals surface area contributed by atoms with Crippen LogP contribution in [0.3, 0.4) is 0 Å². The van der Waals surface area contributed by atoms with Gasteiger partial charge in [0.25, 0.3) is 0 Å². The molecule has 0 amide bonds. The van der Waals surface area contributed by atoms with Gasteiger partial charge in [-0.05, 0) is 12.5 Å². The molecule has 0 aliphatic heterocycles. The van der Waals surface area contributed by atoms with Crippen molar-refractivity contribution < 1.29 is 9.90 Å². The predicted octanol–water partition coefficient (Wildman–Crippen LogP) is 0.222. The summed E-state index contributed by atoms with van der Waals surface area (Å²) in [6, 6.07) is 0. The maximum Gasteiger partial charge on any atom is 0.358 e. The molecular weight excluding hydrogens is 196 g/mol. The van der Waals surface area contributed by atoms with Crippen molar-refractivity contribution in [2.75, 3.05) is 13.1 Å². The van der Waals surface area contributed by atoms with Crippen LogP contribution in [0.25, 0.3) is 0 Å². The van der Waals surface area contributed by atoms with Gasteiger partial charge < -0.3 is 10.4 Å². The zero-order chi connectivity index (χ0) is 11.3. The zero-order valence-corrected chi connectivity index (χ0v) is 8.97. The quantitative estimate of drug-likeness (QED) is 0.659. The lowest BCUT2D eigenvalue weighted by Gasteiger charge is -2.06. The highest BCUT2D eigenvalue weighted by molar-refractivity contribution is 5.84. The zero-order valence-electron chi connectivity index (χ0n) is 8.97. The van der Waals surface area contributed by atoms with Crippen LogP contribution in [0.15, 0.2) is 6.20 Å². The van der Waals surface area contributed by atoms with E-state index < -0.39 is 5.97 Å². The van der Waals surface area contributed by atoms with Gasteiger partial charge in [0.1, 0.15) is 0 Å². The van der Waals surface area contributed by atoms with E-state index in [0.717, 1.165) is 13.1 Å². The Labute approximate surface area is 88.3 Å². The molecule has 84 valence electrons. The molecular formula is C9H16N4O2. The second-order valence-electron chi connectivity index (χ2n) is 3.77. The minimum atomic E-state index is -1.05. The van der Waals surface area contributed by atoms with Gasteiger partial charge in [-0.15, -0.1) is 5.10 Å². The van der Waals surface area contributed by atoms with Crippen molar-refractivity contribution in [2.24, 2.45) is 5.92 Å². The number of nitrogens with zero attached hydrogens (tertiary/aromatic N) is 3. The summed E-state index contributed by atoms with van der Waals surface area (Å²) in [5, 5.41) is 19.1. The maximum absolute atomic E-state index is 10.5. The Bertz CT molecular complexity index is 322. The monoisotopic (exact) mass is 212 g/mol. The van der Waals surface area contributed by atoms with Gasteiger partial charge >= 0.3 is 5.97 Å². The lowest BCUT2D eigenvalue weighted by Crippen LogP contribution is -2.24. The maximum atomic E-state index is 10.5. The summed E-state index contributed by atoms with van der Waals surface area (Å²) in [6.07, 6.45) is 1.43. The molecule has 0 bridgehead atoms. The number of hydrogen-bond donors (Lipinski definition) is 2. The molecule has 2 N–H and O–H groups in total. The van der Waals surface area contributed by atoms with E-state index in [-0.39, 0.29) is 5.69 Å². The molecule has 1 rings (SSSR count). The Morgan fingerprint density at radius 2 is 2.40 bits per heavy atom. The van der Waals surface area contributed by atoms with Crippen LogP contribution in [0.2, 0.25) is 0 Å². The highest BCUT2D eigenvalue weighted by Crippen LogP contribution is 1.92. The molecule has 1 aromatic rings. The van der Waals surface area contributed by atoms with Crippen molar-refractivity contribution in [3.05, 3.63) is 11.9 Å². The molecule has 0 aliphatic carbocycles. The van der Waals surface area contributed by atoms with Crippen molar-refractivity contribution in [2.45, 2.75) is 20.4 Å². The van der Waals surface area contributed by atoms with Crippen LogP contribution in [-0.4, -0.2) is 39.2 Å². The van der Waals surface area contributed by atoms with Gasteiger partial charge in [-0.2, -0.15) is 0 Å². The third-order valence-electron chi connectivity index (χ3n) is 1.83. The molecule has 0 unspecified atom stereocenters. The molecule has 6 heteroatoms. The normalized spacial score (nSPS) is 10.9. The minimum Gasteiger partial charge on any atom is -0.476 e. The standard InChI is InChI=1S/C9H16N4O2/c1-7(2)5-10-3-4-13-6-8(9(14)15)11-12-13/h6-7,10H,3-5H2,1-2H3,(H,14,15). The molecule has 0 atom stereocenters.